The largest absolute Gasteiger partial charge is 0.341 e. The van der Waals surface area contributed by atoms with Crippen LogP contribution in [0.2, 0.25) is 0 Å². The number of aromatic nitrogens is 2. The van der Waals surface area contributed by atoms with Crippen LogP contribution < -0.4 is 5.32 Å². The molecular weight excluding hydrogens is 302 g/mol. The lowest BCUT2D eigenvalue weighted by Gasteiger charge is -2.10. The molecule has 1 amide bonds. The SMILES string of the molecule is Cc1cccc(C(=O)N[C@@H](C)c2nc(-c3cccc(C)c3)no2)c1. The zero-order valence-corrected chi connectivity index (χ0v) is 13.9. The van der Waals surface area contributed by atoms with E-state index in [4.69, 9.17) is 4.52 Å². The topological polar surface area (TPSA) is 68.0 Å². The van der Waals surface area contributed by atoms with Crippen molar-refractivity contribution in [1.29, 1.82) is 0 Å². The first kappa shape index (κ1) is 15.9. The van der Waals surface area contributed by atoms with Gasteiger partial charge in [0.15, 0.2) is 0 Å². The maximum atomic E-state index is 12.3. The second-order valence-electron chi connectivity index (χ2n) is 5.89. The average molecular weight is 321 g/mol. The van der Waals surface area contributed by atoms with E-state index in [0.717, 1.165) is 16.7 Å². The van der Waals surface area contributed by atoms with Crippen molar-refractivity contribution in [3.8, 4) is 11.4 Å². The van der Waals surface area contributed by atoms with Gasteiger partial charge in [-0.25, -0.2) is 0 Å². The molecule has 24 heavy (non-hydrogen) atoms. The smallest absolute Gasteiger partial charge is 0.251 e. The quantitative estimate of drug-likeness (QED) is 0.792. The summed E-state index contributed by atoms with van der Waals surface area (Å²) in [7, 11) is 0. The summed E-state index contributed by atoms with van der Waals surface area (Å²) in [5.74, 6) is 0.736. The molecular formula is C19H19N3O2. The molecule has 0 fully saturated rings. The van der Waals surface area contributed by atoms with Crippen LogP contribution in [0.25, 0.3) is 11.4 Å². The van der Waals surface area contributed by atoms with Crippen LogP contribution >= 0.6 is 0 Å². The standard InChI is InChI=1S/C19H19N3O2/c1-12-6-4-8-15(10-12)17-21-19(24-22-17)14(3)20-18(23)16-9-5-7-13(2)11-16/h4-11,14H,1-3H3,(H,20,23)/t14-/m0/s1. The van der Waals surface area contributed by atoms with Crippen molar-refractivity contribution in [2.75, 3.05) is 0 Å². The number of hydrogen-bond donors (Lipinski definition) is 1. The summed E-state index contributed by atoms with van der Waals surface area (Å²) < 4.78 is 5.31. The number of hydrogen-bond acceptors (Lipinski definition) is 4. The summed E-state index contributed by atoms with van der Waals surface area (Å²) in [6.45, 7) is 5.78. The third-order valence-corrected chi connectivity index (χ3v) is 3.72. The van der Waals surface area contributed by atoms with Crippen molar-refractivity contribution in [1.82, 2.24) is 15.5 Å². The number of carbonyl (C=O) groups is 1. The lowest BCUT2D eigenvalue weighted by molar-refractivity contribution is 0.0932. The zero-order chi connectivity index (χ0) is 17.1. The molecule has 1 N–H and O–H groups in total. The fourth-order valence-corrected chi connectivity index (χ4v) is 2.44. The Bertz CT molecular complexity index is 870. The second-order valence-corrected chi connectivity index (χ2v) is 5.89. The Labute approximate surface area is 140 Å². The predicted octanol–water partition coefficient (Wildman–Crippen LogP) is 3.84. The molecule has 0 radical (unpaired) electrons. The molecule has 0 unspecified atom stereocenters. The lowest BCUT2D eigenvalue weighted by atomic mass is 10.1. The van der Waals surface area contributed by atoms with Crippen LogP contribution in [-0.4, -0.2) is 16.0 Å². The highest BCUT2D eigenvalue weighted by Gasteiger charge is 2.18. The van der Waals surface area contributed by atoms with Gasteiger partial charge in [0.1, 0.15) is 6.04 Å². The lowest BCUT2D eigenvalue weighted by Crippen LogP contribution is -2.26. The molecule has 0 saturated carbocycles. The minimum atomic E-state index is -0.371. The number of nitrogens with one attached hydrogen (secondary N) is 1. The minimum absolute atomic E-state index is 0.165. The van der Waals surface area contributed by atoms with Gasteiger partial charge in [-0.05, 0) is 39.0 Å². The van der Waals surface area contributed by atoms with Crippen LogP contribution in [-0.2, 0) is 0 Å². The second kappa shape index (κ2) is 6.66. The van der Waals surface area contributed by atoms with E-state index >= 15 is 0 Å². The van der Waals surface area contributed by atoms with Gasteiger partial charge in [-0.15, -0.1) is 0 Å². The highest BCUT2D eigenvalue weighted by Crippen LogP contribution is 2.19. The number of amides is 1. The van der Waals surface area contributed by atoms with Gasteiger partial charge in [0.2, 0.25) is 11.7 Å². The first-order valence-electron chi connectivity index (χ1n) is 7.81. The third-order valence-electron chi connectivity index (χ3n) is 3.72. The molecule has 3 rings (SSSR count). The Hall–Kier alpha value is -2.95. The molecule has 1 aromatic heterocycles. The summed E-state index contributed by atoms with van der Waals surface area (Å²) in [5, 5.41) is 6.89. The molecule has 0 aliphatic carbocycles. The number of carbonyl (C=O) groups excluding carboxylic acids is 1. The average Bonchev–Trinajstić information content (AvgIpc) is 3.05. The van der Waals surface area contributed by atoms with Crippen molar-refractivity contribution < 1.29 is 9.32 Å². The zero-order valence-electron chi connectivity index (χ0n) is 13.9. The van der Waals surface area contributed by atoms with E-state index in [2.05, 4.69) is 15.5 Å². The molecule has 0 aliphatic heterocycles. The van der Waals surface area contributed by atoms with Gasteiger partial charge >= 0.3 is 0 Å². The van der Waals surface area contributed by atoms with Crippen LogP contribution in [0.4, 0.5) is 0 Å². The minimum Gasteiger partial charge on any atom is -0.341 e. The molecule has 0 saturated heterocycles. The molecule has 3 aromatic rings. The van der Waals surface area contributed by atoms with Crippen molar-refractivity contribution in [2.24, 2.45) is 0 Å². The van der Waals surface area contributed by atoms with Crippen LogP contribution in [0.5, 0.6) is 0 Å². The van der Waals surface area contributed by atoms with E-state index in [9.17, 15) is 4.79 Å². The Morgan fingerprint density at radius 2 is 1.79 bits per heavy atom. The summed E-state index contributed by atoms with van der Waals surface area (Å²) in [5.41, 5.74) is 3.66. The molecule has 0 aliphatic rings. The van der Waals surface area contributed by atoms with Crippen molar-refractivity contribution in [3.63, 3.8) is 0 Å². The van der Waals surface area contributed by atoms with E-state index in [1.165, 1.54) is 0 Å². The normalized spacial score (nSPS) is 12.0. The summed E-state index contributed by atoms with van der Waals surface area (Å²) in [6, 6.07) is 14.9. The summed E-state index contributed by atoms with van der Waals surface area (Å²) in [6.07, 6.45) is 0. The van der Waals surface area contributed by atoms with E-state index in [-0.39, 0.29) is 11.9 Å². The summed E-state index contributed by atoms with van der Waals surface area (Å²) >= 11 is 0. The summed E-state index contributed by atoms with van der Waals surface area (Å²) in [4.78, 5) is 16.7. The molecule has 1 atom stereocenters. The highest BCUT2D eigenvalue weighted by atomic mass is 16.5. The van der Waals surface area contributed by atoms with Crippen molar-refractivity contribution >= 4 is 5.91 Å². The van der Waals surface area contributed by atoms with Gasteiger partial charge in [-0.1, -0.05) is 46.6 Å². The van der Waals surface area contributed by atoms with E-state index < -0.39 is 0 Å². The first-order chi connectivity index (χ1) is 11.5. The Morgan fingerprint density at radius 3 is 2.50 bits per heavy atom. The molecule has 0 bridgehead atoms. The molecule has 0 spiro atoms. The number of benzene rings is 2. The van der Waals surface area contributed by atoms with Gasteiger partial charge in [-0.3, -0.25) is 4.79 Å². The molecule has 122 valence electrons. The fraction of sp³-hybridized carbons (Fsp3) is 0.211. The monoisotopic (exact) mass is 321 g/mol. The molecule has 5 heteroatoms. The number of nitrogens with zero attached hydrogens (tertiary/aromatic N) is 2. The van der Waals surface area contributed by atoms with Gasteiger partial charge in [-0.2, -0.15) is 4.98 Å². The maximum Gasteiger partial charge on any atom is 0.251 e. The number of aryl methyl sites for hydroxylation is 2. The fourth-order valence-electron chi connectivity index (χ4n) is 2.44. The third kappa shape index (κ3) is 3.51. The van der Waals surface area contributed by atoms with Gasteiger partial charge < -0.3 is 9.84 Å². The first-order valence-corrected chi connectivity index (χ1v) is 7.81. The Morgan fingerprint density at radius 1 is 1.08 bits per heavy atom. The van der Waals surface area contributed by atoms with Crippen molar-refractivity contribution in [2.45, 2.75) is 26.8 Å². The van der Waals surface area contributed by atoms with Crippen LogP contribution in [0.1, 0.15) is 40.3 Å². The molecule has 2 aromatic carbocycles. The van der Waals surface area contributed by atoms with Crippen LogP contribution in [0.3, 0.4) is 0 Å². The van der Waals surface area contributed by atoms with Gasteiger partial charge in [0.25, 0.3) is 5.91 Å². The Balaban J connectivity index is 1.74. The molecule has 1 heterocycles. The van der Waals surface area contributed by atoms with Gasteiger partial charge in [0.05, 0.1) is 0 Å². The van der Waals surface area contributed by atoms with E-state index in [1.54, 1.807) is 6.07 Å². The van der Waals surface area contributed by atoms with Gasteiger partial charge in [0, 0.05) is 11.1 Å². The maximum absolute atomic E-state index is 12.3. The molecule has 5 nitrogen and oxygen atoms in total. The predicted molar refractivity (Wildman–Crippen MR) is 91.5 cm³/mol. The van der Waals surface area contributed by atoms with E-state index in [1.807, 2.05) is 63.2 Å². The van der Waals surface area contributed by atoms with Crippen LogP contribution in [0, 0.1) is 13.8 Å². The Kier molecular flexibility index (Phi) is 4.42. The number of rotatable bonds is 4. The highest BCUT2D eigenvalue weighted by molar-refractivity contribution is 5.94. The van der Waals surface area contributed by atoms with Crippen molar-refractivity contribution in [3.05, 3.63) is 71.1 Å². The van der Waals surface area contributed by atoms with E-state index in [0.29, 0.717) is 17.3 Å². The van der Waals surface area contributed by atoms with Crippen LogP contribution in [0.15, 0.2) is 53.1 Å².